The Morgan fingerprint density at radius 3 is 2.23 bits per heavy atom. The number of benzene rings is 2. The Labute approximate surface area is 185 Å². The van der Waals surface area contributed by atoms with Crippen LogP contribution in [0.25, 0.3) is 0 Å². The van der Waals surface area contributed by atoms with Gasteiger partial charge in [0.15, 0.2) is 0 Å². The number of nitrogens with zero attached hydrogens (tertiary/aromatic N) is 2. The smallest absolute Gasteiger partial charge is 0.142 e. The van der Waals surface area contributed by atoms with Crippen LogP contribution in [0.5, 0.6) is 0 Å². The topological polar surface area (TPSA) is 35.6 Å². The molecule has 1 N–H and O–H groups in total. The molecular formula is C25H33N3OS. The van der Waals surface area contributed by atoms with Crippen LogP contribution in [-0.2, 0) is 11.3 Å². The molecule has 0 bridgehead atoms. The molecule has 1 saturated heterocycles. The Balaban J connectivity index is 0.000000589. The molecule has 0 radical (unpaired) electrons. The van der Waals surface area contributed by atoms with Crippen molar-refractivity contribution in [3.8, 4) is 0 Å². The van der Waals surface area contributed by atoms with Crippen molar-refractivity contribution in [1.29, 1.82) is 0 Å². The zero-order valence-corrected chi connectivity index (χ0v) is 18.7. The molecule has 30 heavy (non-hydrogen) atoms. The first-order chi connectivity index (χ1) is 14.7. The lowest BCUT2D eigenvalue weighted by Crippen LogP contribution is -2.29. The average molecular weight is 424 g/mol. The van der Waals surface area contributed by atoms with Gasteiger partial charge in [0.05, 0.1) is 0 Å². The second-order valence-corrected chi connectivity index (χ2v) is 8.88. The maximum Gasteiger partial charge on any atom is 0.142 e. The van der Waals surface area contributed by atoms with E-state index in [0.29, 0.717) is 6.29 Å². The highest BCUT2D eigenvalue weighted by atomic mass is 32.2. The largest absolute Gasteiger partial charge is 0.388 e. The lowest BCUT2D eigenvalue weighted by Gasteiger charge is -2.29. The van der Waals surface area contributed by atoms with Crippen molar-refractivity contribution in [1.82, 2.24) is 4.31 Å². The number of hydrogen-bond acceptors (Lipinski definition) is 5. The number of nitrogens with one attached hydrogen (secondary N) is 1. The number of rotatable bonds is 8. The number of anilines is 2. The van der Waals surface area contributed by atoms with E-state index in [-0.39, 0.29) is 0 Å². The molecule has 0 aromatic heterocycles. The van der Waals surface area contributed by atoms with E-state index in [4.69, 9.17) is 4.79 Å². The summed E-state index contributed by atoms with van der Waals surface area (Å²) in [6.07, 6.45) is 8.54. The molecule has 0 unspecified atom stereocenters. The van der Waals surface area contributed by atoms with Crippen molar-refractivity contribution in [2.75, 3.05) is 30.4 Å². The summed E-state index contributed by atoms with van der Waals surface area (Å²) in [6.45, 7) is 6.56. The number of aldehydes is 1. The van der Waals surface area contributed by atoms with Crippen LogP contribution < -0.4 is 10.2 Å². The molecule has 1 saturated carbocycles. The van der Waals surface area contributed by atoms with E-state index in [1.807, 2.05) is 19.0 Å². The maximum absolute atomic E-state index is 9.06. The molecule has 2 fully saturated rings. The SMILES string of the molecule is C=CC=O.CNc1ccc(SN(Cc2ccc(N3CCCCC3)cc2)C2CC2)cc1. The van der Waals surface area contributed by atoms with Crippen LogP contribution in [0.1, 0.15) is 37.7 Å². The van der Waals surface area contributed by atoms with Gasteiger partial charge in [0.25, 0.3) is 0 Å². The van der Waals surface area contributed by atoms with Crippen LogP contribution in [0.3, 0.4) is 0 Å². The third-order valence-corrected chi connectivity index (χ3v) is 6.56. The summed E-state index contributed by atoms with van der Waals surface area (Å²) in [7, 11) is 1.96. The Bertz CT molecular complexity index is 775. The molecule has 0 atom stereocenters. The van der Waals surface area contributed by atoms with Crippen LogP contribution in [0.2, 0.25) is 0 Å². The van der Waals surface area contributed by atoms with E-state index in [2.05, 4.69) is 69.6 Å². The van der Waals surface area contributed by atoms with E-state index >= 15 is 0 Å². The standard InChI is InChI=1S/C22H29N3S.C3H4O/c1-23-19-7-13-22(14-8-19)26-25(21-11-12-21)17-18-5-9-20(10-6-18)24-15-3-2-4-16-24;1-2-3-4/h5-10,13-14,21,23H,2-4,11-12,15-17H2,1H3;2-3H,1H2. The van der Waals surface area contributed by atoms with Crippen LogP contribution in [0.15, 0.2) is 66.1 Å². The zero-order chi connectivity index (χ0) is 21.2. The summed E-state index contributed by atoms with van der Waals surface area (Å²) >= 11 is 1.90. The Morgan fingerprint density at radius 1 is 1.07 bits per heavy atom. The molecule has 1 aliphatic heterocycles. The second-order valence-electron chi connectivity index (χ2n) is 7.76. The molecule has 0 spiro atoms. The van der Waals surface area contributed by atoms with Gasteiger partial charge >= 0.3 is 0 Å². The van der Waals surface area contributed by atoms with E-state index < -0.39 is 0 Å². The van der Waals surface area contributed by atoms with Crippen molar-refractivity contribution in [3.05, 3.63) is 66.7 Å². The molecule has 0 amide bonds. The van der Waals surface area contributed by atoms with Crippen molar-refractivity contribution >= 4 is 29.6 Å². The molecule has 2 aromatic rings. The second kappa shape index (κ2) is 11.8. The highest BCUT2D eigenvalue weighted by Gasteiger charge is 2.30. The molecule has 160 valence electrons. The molecule has 2 aromatic carbocycles. The van der Waals surface area contributed by atoms with Gasteiger partial charge in [-0.25, -0.2) is 4.31 Å². The molecular weight excluding hydrogens is 390 g/mol. The van der Waals surface area contributed by atoms with Gasteiger partial charge in [0, 0.05) is 49.0 Å². The van der Waals surface area contributed by atoms with Gasteiger partial charge in [0.1, 0.15) is 6.29 Å². The normalized spacial score (nSPS) is 15.9. The third kappa shape index (κ3) is 6.92. The van der Waals surface area contributed by atoms with Crippen molar-refractivity contribution in [2.24, 2.45) is 0 Å². The van der Waals surface area contributed by atoms with Gasteiger partial charge in [-0.2, -0.15) is 0 Å². The maximum atomic E-state index is 9.06. The van der Waals surface area contributed by atoms with E-state index in [1.165, 1.54) is 73.1 Å². The Kier molecular flexibility index (Phi) is 8.84. The van der Waals surface area contributed by atoms with Crippen LogP contribution in [-0.4, -0.2) is 36.8 Å². The van der Waals surface area contributed by atoms with Crippen LogP contribution >= 0.6 is 11.9 Å². The van der Waals surface area contributed by atoms with Crippen molar-refractivity contribution in [2.45, 2.75) is 49.6 Å². The molecule has 1 aliphatic carbocycles. The zero-order valence-electron chi connectivity index (χ0n) is 17.9. The lowest BCUT2D eigenvalue weighted by molar-refractivity contribution is -0.104. The first-order valence-corrected chi connectivity index (χ1v) is 11.6. The molecule has 2 aliphatic rings. The minimum atomic E-state index is 0.639. The van der Waals surface area contributed by atoms with Gasteiger partial charge in [-0.3, -0.25) is 4.79 Å². The predicted octanol–water partition coefficient (Wildman–Crippen LogP) is 5.76. The highest BCUT2D eigenvalue weighted by molar-refractivity contribution is 7.97. The van der Waals surface area contributed by atoms with Gasteiger partial charge in [0.2, 0.25) is 0 Å². The van der Waals surface area contributed by atoms with E-state index in [9.17, 15) is 0 Å². The van der Waals surface area contributed by atoms with Crippen molar-refractivity contribution in [3.63, 3.8) is 0 Å². The van der Waals surface area contributed by atoms with Crippen LogP contribution in [0, 0.1) is 0 Å². The van der Waals surface area contributed by atoms with Gasteiger partial charge in [-0.15, -0.1) is 0 Å². The summed E-state index contributed by atoms with van der Waals surface area (Å²) in [5.74, 6) is 0. The first-order valence-electron chi connectivity index (χ1n) is 10.9. The summed E-state index contributed by atoms with van der Waals surface area (Å²) in [6, 6.07) is 18.7. The first kappa shape index (κ1) is 22.4. The van der Waals surface area contributed by atoms with Gasteiger partial charge < -0.3 is 10.2 Å². The predicted molar refractivity (Wildman–Crippen MR) is 129 cm³/mol. The van der Waals surface area contributed by atoms with Gasteiger partial charge in [-0.05, 0) is 92.1 Å². The minimum Gasteiger partial charge on any atom is -0.388 e. The fourth-order valence-electron chi connectivity index (χ4n) is 3.56. The van der Waals surface area contributed by atoms with E-state index in [0.717, 1.165) is 12.6 Å². The summed E-state index contributed by atoms with van der Waals surface area (Å²) < 4.78 is 2.56. The van der Waals surface area contributed by atoms with E-state index in [1.54, 1.807) is 0 Å². The monoisotopic (exact) mass is 423 g/mol. The lowest BCUT2D eigenvalue weighted by atomic mass is 10.1. The molecule has 4 rings (SSSR count). The number of allylic oxidation sites excluding steroid dienone is 1. The fraction of sp³-hybridized carbons (Fsp3) is 0.400. The average Bonchev–Trinajstić information content (AvgIpc) is 3.66. The number of carbonyl (C=O) groups is 1. The molecule has 5 heteroatoms. The number of piperidine rings is 1. The highest BCUT2D eigenvalue weighted by Crippen LogP contribution is 2.37. The number of carbonyl (C=O) groups excluding carboxylic acids is 1. The van der Waals surface area contributed by atoms with Crippen LogP contribution in [0.4, 0.5) is 11.4 Å². The fourth-order valence-corrected chi connectivity index (χ4v) is 4.66. The summed E-state index contributed by atoms with van der Waals surface area (Å²) in [4.78, 5) is 12.9. The summed E-state index contributed by atoms with van der Waals surface area (Å²) in [5, 5.41) is 3.19. The molecule has 1 heterocycles. The summed E-state index contributed by atoms with van der Waals surface area (Å²) in [5.41, 5.74) is 3.97. The Hall–Kier alpha value is -2.24. The van der Waals surface area contributed by atoms with Crippen molar-refractivity contribution < 1.29 is 4.79 Å². The minimum absolute atomic E-state index is 0.639. The number of hydrogen-bond donors (Lipinski definition) is 1. The Morgan fingerprint density at radius 2 is 1.70 bits per heavy atom. The van der Waals surface area contributed by atoms with Gasteiger partial charge in [-0.1, -0.05) is 18.7 Å². The third-order valence-electron chi connectivity index (χ3n) is 5.41. The molecule has 4 nitrogen and oxygen atoms in total. The quantitative estimate of drug-likeness (QED) is 0.332.